The fourth-order valence-corrected chi connectivity index (χ4v) is 6.80. The minimum atomic E-state index is -0.222. The molecule has 198 valence electrons. The average molecular weight is 558 g/mol. The van der Waals surface area contributed by atoms with Crippen LogP contribution in [0, 0.1) is 5.82 Å². The molecule has 0 spiro atoms. The van der Waals surface area contributed by atoms with Crippen LogP contribution in [0.3, 0.4) is 0 Å². The van der Waals surface area contributed by atoms with Gasteiger partial charge in [-0.05, 0) is 81.4 Å². The van der Waals surface area contributed by atoms with Crippen LogP contribution in [0.4, 0.5) is 4.39 Å². The molecule has 8 aromatic rings. The summed E-state index contributed by atoms with van der Waals surface area (Å²) >= 11 is 1.85. The molecular weight excluding hydrogens is 534 g/mol. The topological polar surface area (TPSA) is 12.9 Å². The zero-order valence-electron chi connectivity index (χ0n) is 22.6. The van der Waals surface area contributed by atoms with Gasteiger partial charge in [0.1, 0.15) is 5.82 Å². The van der Waals surface area contributed by atoms with E-state index in [4.69, 9.17) is 4.98 Å². The first-order valence-electron chi connectivity index (χ1n) is 14.0. The normalized spacial score (nSPS) is 11.5. The number of fused-ring (bicyclic) bond motifs is 4. The van der Waals surface area contributed by atoms with E-state index in [9.17, 15) is 4.39 Å². The van der Waals surface area contributed by atoms with Crippen LogP contribution in [0.25, 0.3) is 75.6 Å². The van der Waals surface area contributed by atoms with Gasteiger partial charge in [-0.2, -0.15) is 0 Å². The zero-order chi connectivity index (χ0) is 28.0. The lowest BCUT2D eigenvalue weighted by Gasteiger charge is -2.09. The molecule has 0 atom stereocenters. The standard InChI is InChI=1S/C39H24FNS/c40-34-18-15-26(16-19-34)25-5-7-28(8-6-25)31-13-14-32-21-33(24-41-37(32)23-31)29-11-9-27(10-12-29)30-17-20-39-36(22-30)35-3-1-2-4-38(35)42-39/h1-24H. The van der Waals surface area contributed by atoms with E-state index in [0.717, 1.165) is 44.3 Å². The van der Waals surface area contributed by atoms with Crippen LogP contribution < -0.4 is 0 Å². The highest BCUT2D eigenvalue weighted by atomic mass is 32.1. The third-order valence-corrected chi connectivity index (χ3v) is 9.16. The van der Waals surface area contributed by atoms with Gasteiger partial charge in [0.2, 0.25) is 0 Å². The number of benzene rings is 6. The van der Waals surface area contributed by atoms with Gasteiger partial charge >= 0.3 is 0 Å². The van der Waals surface area contributed by atoms with Crippen LogP contribution in [0.1, 0.15) is 0 Å². The van der Waals surface area contributed by atoms with Gasteiger partial charge in [0.05, 0.1) is 5.52 Å². The maximum absolute atomic E-state index is 13.3. The summed E-state index contributed by atoms with van der Waals surface area (Å²) in [6.07, 6.45) is 1.96. The van der Waals surface area contributed by atoms with E-state index in [0.29, 0.717) is 0 Å². The largest absolute Gasteiger partial charge is 0.256 e. The highest BCUT2D eigenvalue weighted by Crippen LogP contribution is 2.37. The third kappa shape index (κ3) is 4.45. The summed E-state index contributed by atoms with van der Waals surface area (Å²) < 4.78 is 15.9. The Morgan fingerprint density at radius 1 is 0.429 bits per heavy atom. The Morgan fingerprint density at radius 3 is 1.67 bits per heavy atom. The Morgan fingerprint density at radius 2 is 0.952 bits per heavy atom. The van der Waals surface area contributed by atoms with Gasteiger partial charge in [-0.3, -0.25) is 4.98 Å². The van der Waals surface area contributed by atoms with E-state index < -0.39 is 0 Å². The number of aromatic nitrogens is 1. The van der Waals surface area contributed by atoms with Crippen molar-refractivity contribution < 1.29 is 4.39 Å². The molecule has 0 aliphatic rings. The van der Waals surface area contributed by atoms with E-state index in [1.54, 1.807) is 12.1 Å². The number of nitrogens with zero attached hydrogens (tertiary/aromatic N) is 1. The monoisotopic (exact) mass is 557 g/mol. The Balaban J connectivity index is 1.05. The molecule has 0 aliphatic heterocycles. The summed E-state index contributed by atoms with van der Waals surface area (Å²) in [6.45, 7) is 0. The lowest BCUT2D eigenvalue weighted by Crippen LogP contribution is -1.86. The van der Waals surface area contributed by atoms with Crippen LogP contribution >= 0.6 is 11.3 Å². The number of thiophene rings is 1. The number of hydrogen-bond acceptors (Lipinski definition) is 2. The predicted octanol–water partition coefficient (Wildman–Crippen LogP) is 11.4. The van der Waals surface area contributed by atoms with Gasteiger partial charge in [0.25, 0.3) is 0 Å². The van der Waals surface area contributed by atoms with Crippen molar-refractivity contribution in [3.8, 4) is 44.5 Å². The number of halogens is 1. The molecule has 2 heterocycles. The van der Waals surface area contributed by atoms with Crippen LogP contribution in [0.2, 0.25) is 0 Å². The molecule has 0 saturated carbocycles. The molecular formula is C39H24FNS. The molecule has 2 aromatic heterocycles. The molecule has 42 heavy (non-hydrogen) atoms. The maximum atomic E-state index is 13.3. The highest BCUT2D eigenvalue weighted by molar-refractivity contribution is 7.25. The van der Waals surface area contributed by atoms with Crippen molar-refractivity contribution >= 4 is 42.4 Å². The van der Waals surface area contributed by atoms with Gasteiger partial charge < -0.3 is 0 Å². The highest BCUT2D eigenvalue weighted by Gasteiger charge is 2.09. The molecule has 0 radical (unpaired) electrons. The summed E-state index contributed by atoms with van der Waals surface area (Å²) in [4.78, 5) is 4.82. The van der Waals surface area contributed by atoms with Crippen molar-refractivity contribution in [2.24, 2.45) is 0 Å². The summed E-state index contributed by atoms with van der Waals surface area (Å²) in [5.41, 5.74) is 9.96. The average Bonchev–Trinajstić information content (AvgIpc) is 3.43. The first-order valence-corrected chi connectivity index (χ1v) is 14.8. The second-order valence-corrected chi connectivity index (χ2v) is 11.7. The zero-order valence-corrected chi connectivity index (χ0v) is 23.4. The SMILES string of the molecule is Fc1ccc(-c2ccc(-c3ccc4cc(-c5ccc(-c6ccc7sc8ccccc8c7c6)cc5)cnc4c3)cc2)cc1. The van der Waals surface area contributed by atoms with Crippen molar-refractivity contribution in [1.82, 2.24) is 4.98 Å². The summed E-state index contributed by atoms with van der Waals surface area (Å²) in [7, 11) is 0. The Kier molecular flexibility index (Phi) is 5.90. The van der Waals surface area contributed by atoms with Gasteiger partial charge in [0, 0.05) is 37.3 Å². The second-order valence-electron chi connectivity index (χ2n) is 10.6. The van der Waals surface area contributed by atoms with E-state index in [2.05, 4.69) is 115 Å². The van der Waals surface area contributed by atoms with Crippen molar-refractivity contribution in [2.45, 2.75) is 0 Å². The fraction of sp³-hybridized carbons (Fsp3) is 0. The fourth-order valence-electron chi connectivity index (χ4n) is 5.72. The van der Waals surface area contributed by atoms with Gasteiger partial charge in [-0.25, -0.2) is 4.39 Å². The Labute approximate surface area is 247 Å². The van der Waals surface area contributed by atoms with E-state index in [1.165, 1.54) is 43.4 Å². The molecule has 0 amide bonds. The van der Waals surface area contributed by atoms with Gasteiger partial charge in [-0.1, -0.05) is 97.1 Å². The molecule has 6 aromatic carbocycles. The number of hydrogen-bond donors (Lipinski definition) is 0. The first kappa shape index (κ1) is 24.7. The molecule has 0 unspecified atom stereocenters. The van der Waals surface area contributed by atoms with Crippen molar-refractivity contribution in [1.29, 1.82) is 0 Å². The smallest absolute Gasteiger partial charge is 0.123 e. The van der Waals surface area contributed by atoms with Crippen LogP contribution in [0.5, 0.6) is 0 Å². The van der Waals surface area contributed by atoms with E-state index in [1.807, 2.05) is 17.5 Å². The number of pyridine rings is 1. The molecule has 0 fully saturated rings. The van der Waals surface area contributed by atoms with Gasteiger partial charge in [0.15, 0.2) is 0 Å². The van der Waals surface area contributed by atoms with Gasteiger partial charge in [-0.15, -0.1) is 11.3 Å². The van der Waals surface area contributed by atoms with Crippen LogP contribution in [-0.4, -0.2) is 4.98 Å². The Bertz CT molecular complexity index is 2230. The lowest BCUT2D eigenvalue weighted by molar-refractivity contribution is 0.628. The lowest BCUT2D eigenvalue weighted by atomic mass is 9.98. The minimum Gasteiger partial charge on any atom is -0.256 e. The molecule has 0 bridgehead atoms. The van der Waals surface area contributed by atoms with Crippen LogP contribution in [-0.2, 0) is 0 Å². The van der Waals surface area contributed by atoms with E-state index >= 15 is 0 Å². The van der Waals surface area contributed by atoms with Crippen LogP contribution in [0.15, 0.2) is 146 Å². The summed E-state index contributed by atoms with van der Waals surface area (Å²) in [6, 6.07) is 47.8. The maximum Gasteiger partial charge on any atom is 0.123 e. The molecule has 1 nitrogen and oxygen atoms in total. The minimum absolute atomic E-state index is 0.222. The Hall–Kier alpha value is -5.12. The van der Waals surface area contributed by atoms with Crippen molar-refractivity contribution in [3.63, 3.8) is 0 Å². The molecule has 0 aliphatic carbocycles. The molecule has 0 saturated heterocycles. The van der Waals surface area contributed by atoms with E-state index in [-0.39, 0.29) is 5.82 Å². The first-order chi connectivity index (χ1) is 20.7. The third-order valence-electron chi connectivity index (χ3n) is 8.01. The van der Waals surface area contributed by atoms with Crippen molar-refractivity contribution in [2.75, 3.05) is 0 Å². The number of rotatable bonds is 4. The second kappa shape index (κ2) is 10.1. The molecule has 0 N–H and O–H groups in total. The molecule has 8 rings (SSSR count). The summed E-state index contributed by atoms with van der Waals surface area (Å²) in [5, 5.41) is 3.75. The molecule has 3 heteroatoms. The predicted molar refractivity (Wildman–Crippen MR) is 176 cm³/mol. The van der Waals surface area contributed by atoms with Crippen molar-refractivity contribution in [3.05, 3.63) is 152 Å². The summed E-state index contributed by atoms with van der Waals surface area (Å²) in [5.74, 6) is -0.222. The quantitative estimate of drug-likeness (QED) is 0.210.